The Hall–Kier alpha value is -5.06. The van der Waals surface area contributed by atoms with Gasteiger partial charge in [0.05, 0.1) is 12.6 Å². The highest BCUT2D eigenvalue weighted by Gasteiger charge is 2.55. The number of aromatic nitrogens is 1. The second kappa shape index (κ2) is 15.0. The molecule has 8 N–H and O–H groups in total. The molecule has 0 unspecified atom stereocenters. The topological polar surface area (TPSA) is 288 Å². The minimum absolute atomic E-state index is 0.0128. The summed E-state index contributed by atoms with van der Waals surface area (Å²) in [7, 11) is -5.06. The van der Waals surface area contributed by atoms with Crippen molar-refractivity contribution in [2.24, 2.45) is 5.16 Å². The van der Waals surface area contributed by atoms with Crippen LogP contribution in [0.15, 0.2) is 34.8 Å². The molecule has 0 aliphatic carbocycles. The number of carboxylic acids is 1. The van der Waals surface area contributed by atoms with Crippen molar-refractivity contribution in [3.05, 3.63) is 40.9 Å². The van der Waals surface area contributed by atoms with Crippen LogP contribution in [-0.2, 0) is 34.3 Å². The number of hydrogen-bond donors (Lipinski definition) is 7. The minimum Gasteiger partial charge on any atom is -0.489 e. The lowest BCUT2D eigenvalue weighted by Crippen LogP contribution is -2.74. The van der Waals surface area contributed by atoms with E-state index in [1.54, 1.807) is 24.3 Å². The number of anilines is 1. The van der Waals surface area contributed by atoms with Crippen LogP contribution in [0, 0.1) is 5.41 Å². The zero-order valence-electron chi connectivity index (χ0n) is 25.6. The Morgan fingerprint density at radius 2 is 1.94 bits per heavy atom. The van der Waals surface area contributed by atoms with Gasteiger partial charge >= 0.3 is 22.4 Å². The molecule has 4 heterocycles. The van der Waals surface area contributed by atoms with E-state index >= 15 is 0 Å². The van der Waals surface area contributed by atoms with E-state index in [4.69, 9.17) is 25.5 Å². The zero-order chi connectivity index (χ0) is 35.3. The number of nitrogens with one attached hydrogen (secondary N) is 4. The van der Waals surface area contributed by atoms with Crippen LogP contribution >= 0.6 is 11.3 Å². The number of rotatable bonds is 14. The highest BCUT2D eigenvalue weighted by atomic mass is 32.2. The molecule has 264 valence electrons. The third kappa shape index (κ3) is 8.51. The first-order valence-corrected chi connectivity index (χ1v) is 17.1. The molecule has 3 atom stereocenters. The summed E-state index contributed by atoms with van der Waals surface area (Å²) in [4.78, 5) is 60.3. The van der Waals surface area contributed by atoms with Crippen molar-refractivity contribution in [1.82, 2.24) is 30.1 Å². The number of amidine groups is 1. The number of thiazole rings is 1. The molecule has 1 aromatic heterocycles. The Balaban J connectivity index is 1.26. The van der Waals surface area contributed by atoms with E-state index in [1.807, 2.05) is 0 Å². The van der Waals surface area contributed by atoms with E-state index in [9.17, 15) is 37.3 Å². The molecular formula is C27H33N9O11S2. The normalized spacial score (nSPS) is 20.6. The minimum atomic E-state index is -5.06. The molecule has 3 amide bonds. The summed E-state index contributed by atoms with van der Waals surface area (Å²) in [5.74, 6) is -3.32. The predicted molar refractivity (Wildman–Crippen MR) is 170 cm³/mol. The van der Waals surface area contributed by atoms with Crippen molar-refractivity contribution in [2.75, 3.05) is 45.1 Å². The van der Waals surface area contributed by atoms with Crippen LogP contribution < -0.4 is 26.4 Å². The maximum atomic E-state index is 13.4. The van der Waals surface area contributed by atoms with Crippen LogP contribution in [-0.4, -0.2) is 131 Å². The molecule has 0 spiro atoms. The summed E-state index contributed by atoms with van der Waals surface area (Å²) in [6, 6.07) is 3.61. The smallest absolute Gasteiger partial charge is 0.410 e. The Morgan fingerprint density at radius 1 is 1.22 bits per heavy atom. The van der Waals surface area contributed by atoms with Crippen LogP contribution in [0.25, 0.3) is 0 Å². The van der Waals surface area contributed by atoms with Gasteiger partial charge in [-0.2, -0.15) is 8.42 Å². The number of oxime groups is 1. The molecular weight excluding hydrogens is 690 g/mol. The number of hydrogen-bond acceptors (Lipinski definition) is 15. The molecule has 49 heavy (non-hydrogen) atoms. The lowest BCUT2D eigenvalue weighted by atomic mass is 9.97. The fourth-order valence-electron chi connectivity index (χ4n) is 5.18. The summed E-state index contributed by atoms with van der Waals surface area (Å²) in [5, 5.41) is 31.8. The van der Waals surface area contributed by atoms with Gasteiger partial charge in [-0.05, 0) is 50.2 Å². The molecule has 20 nitrogen and oxygen atoms in total. The molecule has 3 aliphatic rings. The second-order valence-electron chi connectivity index (χ2n) is 11.0. The van der Waals surface area contributed by atoms with Gasteiger partial charge in [0, 0.05) is 23.5 Å². The molecule has 5 rings (SSSR count). The van der Waals surface area contributed by atoms with E-state index in [0.29, 0.717) is 5.56 Å². The Kier molecular flexibility index (Phi) is 10.8. The van der Waals surface area contributed by atoms with Gasteiger partial charge in [-0.15, -0.1) is 11.3 Å². The quantitative estimate of drug-likeness (QED) is 0.0388. The molecule has 3 fully saturated rings. The first kappa shape index (κ1) is 35.3. The lowest BCUT2D eigenvalue weighted by Gasteiger charge is -2.45. The largest absolute Gasteiger partial charge is 0.489 e. The number of amides is 3. The van der Waals surface area contributed by atoms with Crippen LogP contribution in [0.3, 0.4) is 0 Å². The van der Waals surface area contributed by atoms with Gasteiger partial charge in [0.25, 0.3) is 17.9 Å². The highest BCUT2D eigenvalue weighted by Crippen LogP contribution is 2.26. The first-order chi connectivity index (χ1) is 23.3. The standard InChI is InChI=1S/C27H33N9O11S2/c28-22(31-15-5-7-30-8-6-15)14-1-3-16(4-2-14)46-12-19(25(39)40)47-34-20(17-13-48-26(29)32-17)23(37)33-21-18(11-35-9-10-45-27(35)41)36(24(21)38)49(42,43)44/h1-4,13,15,18-19,21,30H,5-12H2,(H2,28,31)(H2,29,32)(H,33,37)(H,39,40)(H,42,43,44)/t18-,19-,21-/m0/s1. The van der Waals surface area contributed by atoms with E-state index in [0.717, 1.165) is 42.2 Å². The Morgan fingerprint density at radius 3 is 2.53 bits per heavy atom. The molecule has 2 aromatic rings. The van der Waals surface area contributed by atoms with Crippen LogP contribution in [0.4, 0.5) is 9.93 Å². The summed E-state index contributed by atoms with van der Waals surface area (Å²) in [6.45, 7) is 0.861. The number of aliphatic carboxylic acids is 1. The van der Waals surface area contributed by atoms with Crippen molar-refractivity contribution < 1.29 is 51.6 Å². The van der Waals surface area contributed by atoms with Gasteiger partial charge in [-0.25, -0.2) is 18.9 Å². The fourth-order valence-corrected chi connectivity index (χ4v) is 6.59. The van der Waals surface area contributed by atoms with Gasteiger partial charge in [0.1, 0.15) is 36.5 Å². The lowest BCUT2D eigenvalue weighted by molar-refractivity contribution is -0.152. The van der Waals surface area contributed by atoms with Gasteiger partial charge in [0.2, 0.25) is 0 Å². The maximum absolute atomic E-state index is 13.4. The van der Waals surface area contributed by atoms with Crippen LogP contribution in [0.1, 0.15) is 24.1 Å². The van der Waals surface area contributed by atoms with Crippen LogP contribution in [0.5, 0.6) is 5.75 Å². The number of carbonyl (C=O) groups excluding carboxylic acids is 3. The Bertz CT molecular complexity index is 1730. The van der Waals surface area contributed by atoms with Gasteiger partial charge < -0.3 is 46.0 Å². The molecule has 0 radical (unpaired) electrons. The Labute approximate surface area is 282 Å². The van der Waals surface area contributed by atoms with Crippen molar-refractivity contribution in [3.8, 4) is 5.75 Å². The molecule has 3 aliphatic heterocycles. The number of cyclic esters (lactones) is 1. The van der Waals surface area contributed by atoms with Gasteiger partial charge in [0.15, 0.2) is 10.8 Å². The zero-order valence-corrected chi connectivity index (χ0v) is 27.2. The SMILES string of the molecule is N=C(NC1CCNCC1)c1ccc(OC[C@H](ON=C(C(=O)N[C@@H]2C(=O)N(S(=O)(=O)O)[C@H]2CN2CCOC2=O)c2csc(N)n2)C(=O)O)cc1. The molecule has 0 saturated carbocycles. The monoisotopic (exact) mass is 723 g/mol. The number of ether oxygens (including phenoxy) is 2. The molecule has 3 saturated heterocycles. The second-order valence-corrected chi connectivity index (χ2v) is 13.2. The summed E-state index contributed by atoms with van der Waals surface area (Å²) in [5.41, 5.74) is 5.54. The van der Waals surface area contributed by atoms with Crippen molar-refractivity contribution >= 4 is 62.2 Å². The van der Waals surface area contributed by atoms with Gasteiger partial charge in [-0.1, -0.05) is 5.16 Å². The average molecular weight is 724 g/mol. The number of β-lactam (4-membered cyclic amide) rings is 1. The maximum Gasteiger partial charge on any atom is 0.410 e. The number of nitrogen functional groups attached to an aromatic ring is 1. The van der Waals surface area contributed by atoms with E-state index in [-0.39, 0.29) is 45.9 Å². The molecule has 0 bridgehead atoms. The highest BCUT2D eigenvalue weighted by molar-refractivity contribution is 7.84. The van der Waals surface area contributed by atoms with Gasteiger partial charge in [-0.3, -0.25) is 19.6 Å². The van der Waals surface area contributed by atoms with Crippen molar-refractivity contribution in [1.29, 1.82) is 5.41 Å². The van der Waals surface area contributed by atoms with E-state index in [1.165, 1.54) is 5.38 Å². The van der Waals surface area contributed by atoms with E-state index in [2.05, 4.69) is 26.1 Å². The number of carboxylic acid groups (broad SMARTS) is 1. The average Bonchev–Trinajstić information content (AvgIpc) is 3.68. The molecule has 1 aromatic carbocycles. The summed E-state index contributed by atoms with van der Waals surface area (Å²) >= 11 is 0.917. The predicted octanol–water partition coefficient (Wildman–Crippen LogP) is -1.40. The summed E-state index contributed by atoms with van der Waals surface area (Å²) < 4.78 is 43.8. The summed E-state index contributed by atoms with van der Waals surface area (Å²) in [6.07, 6.45) is -0.738. The van der Waals surface area contributed by atoms with Crippen molar-refractivity contribution in [2.45, 2.75) is 37.1 Å². The number of carbonyl (C=O) groups is 4. The molecule has 22 heteroatoms. The number of benzene rings is 1. The number of piperidine rings is 1. The van der Waals surface area contributed by atoms with Crippen LogP contribution in [0.2, 0.25) is 0 Å². The fraction of sp³-hybridized carbons (Fsp3) is 0.444. The van der Waals surface area contributed by atoms with Crippen molar-refractivity contribution in [3.63, 3.8) is 0 Å². The first-order valence-electron chi connectivity index (χ1n) is 14.8. The third-order valence-corrected chi connectivity index (χ3v) is 9.34. The number of nitrogens with zero attached hydrogens (tertiary/aromatic N) is 4. The number of nitrogens with two attached hydrogens (primary N) is 1. The van der Waals surface area contributed by atoms with E-state index < -0.39 is 71.2 Å². The third-order valence-electron chi connectivity index (χ3n) is 7.72.